The molecule has 80 heavy (non-hydrogen) atoms. The quantitative estimate of drug-likeness (QED) is 0.0339. The molecular formula is C48H34N10Na4O15S3. The minimum atomic E-state index is -5.30. The van der Waals surface area contributed by atoms with Crippen LogP contribution in [-0.4, -0.2) is 59.1 Å². The van der Waals surface area contributed by atoms with Gasteiger partial charge in [-0.05, 0) is 113 Å². The molecule has 25 nitrogen and oxygen atoms in total. The third-order valence-electron chi connectivity index (χ3n) is 11.3. The Hall–Kier alpha value is -5.32. The van der Waals surface area contributed by atoms with Crippen molar-refractivity contribution in [2.75, 3.05) is 25.7 Å². The van der Waals surface area contributed by atoms with Crippen LogP contribution >= 0.6 is 0 Å². The molecule has 0 amide bonds. The number of hydrogen-bond donors (Lipinski definition) is 4. The van der Waals surface area contributed by atoms with E-state index in [4.69, 9.17) is 20.9 Å². The molecule has 0 radical (unpaired) electrons. The Morgan fingerprint density at radius 1 is 0.525 bits per heavy atom. The van der Waals surface area contributed by atoms with Crippen molar-refractivity contribution in [3.63, 3.8) is 0 Å². The van der Waals surface area contributed by atoms with Gasteiger partial charge in [-0.15, -0.1) is 35.8 Å². The molecule has 8 aromatic rings. The first-order valence-electron chi connectivity index (χ1n) is 21.4. The number of aromatic carboxylic acids is 1. The van der Waals surface area contributed by atoms with Crippen molar-refractivity contribution in [1.82, 2.24) is 0 Å². The van der Waals surface area contributed by atoms with E-state index >= 15 is 0 Å². The molecule has 0 saturated heterocycles. The predicted molar refractivity (Wildman–Crippen MR) is 267 cm³/mol. The minimum absolute atomic E-state index is 0. The number of methoxy groups -OCH3 is 2. The number of fused-ring (bicyclic) bond motifs is 2. The maximum absolute atomic E-state index is 14.1. The first-order chi connectivity index (χ1) is 35.9. The smallest absolute Gasteiger partial charge is 0.872 e. The zero-order valence-electron chi connectivity index (χ0n) is 43.1. The zero-order valence-corrected chi connectivity index (χ0v) is 53.6. The predicted octanol–water partition coefficient (Wildman–Crippen LogP) is -3.26. The van der Waals surface area contributed by atoms with Crippen molar-refractivity contribution in [3.8, 4) is 34.1 Å². The number of carbonyl (C=O) groups excluding carboxylic acids is 1. The number of ether oxygens (including phenoxy) is 2. The maximum atomic E-state index is 14.1. The van der Waals surface area contributed by atoms with E-state index in [0.29, 0.717) is 28.8 Å². The number of nitrogens with two attached hydrogens (primary N) is 2. The van der Waals surface area contributed by atoms with Crippen LogP contribution in [-0.2, 0) is 30.4 Å². The van der Waals surface area contributed by atoms with E-state index in [1.807, 2.05) is 0 Å². The zero-order chi connectivity index (χ0) is 55.0. The van der Waals surface area contributed by atoms with Crippen LogP contribution < -0.4 is 154 Å². The van der Waals surface area contributed by atoms with E-state index in [0.717, 1.165) is 30.3 Å². The van der Waals surface area contributed by atoms with Gasteiger partial charge in [-0.25, -0.2) is 8.42 Å². The van der Waals surface area contributed by atoms with E-state index in [1.165, 1.54) is 50.6 Å². The van der Waals surface area contributed by atoms with Crippen molar-refractivity contribution in [3.05, 3.63) is 126 Å². The summed E-state index contributed by atoms with van der Waals surface area (Å²) in [6.07, 6.45) is 0. The van der Waals surface area contributed by atoms with Crippen LogP contribution in [0, 0.1) is 6.92 Å². The molecular weight excluding hydrogens is 1140 g/mol. The van der Waals surface area contributed by atoms with Crippen molar-refractivity contribution in [2.45, 2.75) is 21.6 Å². The average molecular weight is 1180 g/mol. The number of carboxylic acids is 1. The third kappa shape index (κ3) is 14.6. The molecule has 0 aliphatic carbocycles. The fourth-order valence-corrected chi connectivity index (χ4v) is 9.51. The largest absolute Gasteiger partial charge is 1.00 e. The number of carboxylic acid groups (broad SMARTS) is 1. The standard InChI is InChI=1S/C48H38N10O15S3.4Na/c1-23-16-36(44(50)46(43(23)49)58-54-34-12-9-25(18-39(34)73-3)24-8-11-33(38(17-24)72-2)53-51-27-10-14-37(59)31(21-27)48(61)62)56-55-35-22-30-26(19-41(35)75(66,67)68)20-42(76(69,70)71)45(47(30)60)57-52-32-13-15-40(74(63,64)65)29-7-5-4-6-28(29)32;;;;/h4-22,59-60H,49-50H2,1-3H3,(H,61,62)(H,63,64,65)(H,66,67,68)(H,69,70,71);;;;/q;4*+1/p-4. The average Bonchev–Trinajstić information content (AvgIpc) is 3.37. The molecule has 0 heterocycles. The van der Waals surface area contributed by atoms with Gasteiger partial charge in [-0.3, -0.25) is 9.11 Å². The van der Waals surface area contributed by atoms with Gasteiger partial charge in [0.1, 0.15) is 59.8 Å². The van der Waals surface area contributed by atoms with Crippen LogP contribution in [0.4, 0.5) is 56.9 Å². The molecule has 0 spiro atoms. The summed E-state index contributed by atoms with van der Waals surface area (Å²) in [5.74, 6) is -3.10. The number of hydrogen-bond acceptors (Lipinski definition) is 23. The molecule has 0 aliphatic rings. The molecule has 8 aromatic carbocycles. The normalized spacial score (nSPS) is 11.9. The number of nitrogens with zero attached hydrogens (tertiary/aromatic N) is 8. The first-order valence-corrected chi connectivity index (χ1v) is 25.7. The van der Waals surface area contributed by atoms with Crippen molar-refractivity contribution < 1.29 is 187 Å². The maximum Gasteiger partial charge on any atom is 1.00 e. The number of carbonyl (C=O) groups is 1. The molecule has 8 rings (SSSR count). The molecule has 388 valence electrons. The fourth-order valence-electron chi connectivity index (χ4n) is 7.54. The third-order valence-corrected chi connectivity index (χ3v) is 13.9. The Morgan fingerprint density at radius 3 is 1.60 bits per heavy atom. The van der Waals surface area contributed by atoms with Gasteiger partial charge in [0.2, 0.25) is 0 Å². The van der Waals surface area contributed by atoms with Gasteiger partial charge in [0.15, 0.2) is 0 Å². The second-order valence-corrected chi connectivity index (χ2v) is 20.2. The van der Waals surface area contributed by atoms with Gasteiger partial charge in [-0.1, -0.05) is 54.0 Å². The second kappa shape index (κ2) is 27.2. The van der Waals surface area contributed by atoms with Gasteiger partial charge in [0, 0.05) is 10.8 Å². The van der Waals surface area contributed by atoms with E-state index in [2.05, 4.69) is 40.9 Å². The Labute approximate surface area is 543 Å². The summed E-state index contributed by atoms with van der Waals surface area (Å²) in [5, 5.41) is 68.9. The summed E-state index contributed by atoms with van der Waals surface area (Å²) in [5.41, 5.74) is 12.3. The van der Waals surface area contributed by atoms with E-state index in [-0.39, 0.29) is 186 Å². The first kappa shape index (κ1) is 67.2. The Kier molecular flexibility index (Phi) is 22.8. The fraction of sp³-hybridized carbons (Fsp3) is 0.0625. The van der Waals surface area contributed by atoms with Crippen LogP contribution in [0.5, 0.6) is 23.0 Å². The molecule has 0 unspecified atom stereocenters. The summed E-state index contributed by atoms with van der Waals surface area (Å²) in [7, 11) is -12.7. The van der Waals surface area contributed by atoms with Crippen LogP contribution in [0.2, 0.25) is 0 Å². The van der Waals surface area contributed by atoms with Crippen LogP contribution in [0.1, 0.15) is 15.9 Å². The summed E-state index contributed by atoms with van der Waals surface area (Å²) in [6, 6.07) is 24.5. The van der Waals surface area contributed by atoms with Gasteiger partial charge in [-0.2, -0.15) is 21.9 Å². The van der Waals surface area contributed by atoms with Crippen molar-refractivity contribution in [2.24, 2.45) is 40.9 Å². The second-order valence-electron chi connectivity index (χ2n) is 16.1. The summed E-state index contributed by atoms with van der Waals surface area (Å²) < 4.78 is 118. The summed E-state index contributed by atoms with van der Waals surface area (Å²) in [6.45, 7) is 1.57. The molecule has 0 saturated carbocycles. The van der Waals surface area contributed by atoms with Gasteiger partial charge in [0.05, 0.1) is 53.5 Å². The van der Waals surface area contributed by atoms with Crippen molar-refractivity contribution in [1.29, 1.82) is 0 Å². The van der Waals surface area contributed by atoms with E-state index < -0.39 is 90.2 Å². The van der Waals surface area contributed by atoms with E-state index in [1.54, 1.807) is 43.3 Å². The molecule has 0 aliphatic heterocycles. The van der Waals surface area contributed by atoms with Gasteiger partial charge < -0.3 is 45.6 Å². The molecule has 0 atom stereocenters. The number of nitrogen functional groups attached to an aromatic ring is 2. The number of aryl methyl sites for hydroxylation is 1. The molecule has 0 bridgehead atoms. The van der Waals surface area contributed by atoms with Crippen LogP contribution in [0.3, 0.4) is 0 Å². The van der Waals surface area contributed by atoms with Gasteiger partial charge >= 0.3 is 118 Å². The molecule has 32 heteroatoms. The molecule has 0 aromatic heterocycles. The van der Waals surface area contributed by atoms with E-state index in [9.17, 15) is 59.0 Å². The summed E-state index contributed by atoms with van der Waals surface area (Å²) in [4.78, 5) is 8.61. The number of benzene rings is 8. The topological polar surface area (TPSA) is 422 Å². The van der Waals surface area contributed by atoms with Crippen molar-refractivity contribution >= 4 is 115 Å². The number of anilines is 2. The Bertz CT molecular complexity index is 4250. The SMILES string of the molecule is COc1cc(-c2ccc(N=Nc3c(N)c(C)cc(N=Nc4cc5c([O-])c(N=Nc6ccc(S(=O)(=O)[O-])c7ccccc67)c(S(=O)(=O)O)cc5cc4S(=O)(=O)O)c3N)c(OC)c2)ccc1N=Nc1ccc([O-])c(C(=O)[O-])c1.[Na+].[Na+].[Na+].[Na+]. The van der Waals surface area contributed by atoms with Crippen LogP contribution in [0.15, 0.2) is 171 Å². The van der Waals surface area contributed by atoms with Gasteiger partial charge in [0.25, 0.3) is 20.2 Å². The monoisotopic (exact) mass is 1180 g/mol. The minimum Gasteiger partial charge on any atom is -0.872 e. The van der Waals surface area contributed by atoms with Crippen LogP contribution in [0.25, 0.3) is 32.7 Å². The number of rotatable bonds is 15. The Morgan fingerprint density at radius 2 is 1.04 bits per heavy atom. The summed E-state index contributed by atoms with van der Waals surface area (Å²) >= 11 is 0. The Balaban J connectivity index is 0.00000344. The molecule has 0 fully saturated rings. The molecule has 6 N–H and O–H groups in total. The number of azo groups is 4.